The Bertz CT molecular complexity index is 1010. The molecule has 0 radical (unpaired) electrons. The van der Waals surface area contributed by atoms with Crippen molar-refractivity contribution in [3.8, 4) is 17.2 Å². The van der Waals surface area contributed by atoms with Crippen LogP contribution in [0.2, 0.25) is 0 Å². The number of methoxy groups -OCH3 is 1. The number of carbonyl (C=O) groups is 2. The molecule has 1 heterocycles. The van der Waals surface area contributed by atoms with Crippen molar-refractivity contribution in [1.29, 1.82) is 0 Å². The van der Waals surface area contributed by atoms with E-state index in [2.05, 4.69) is 26.5 Å². The summed E-state index contributed by atoms with van der Waals surface area (Å²) >= 11 is 3.34. The van der Waals surface area contributed by atoms with E-state index in [9.17, 15) is 9.59 Å². The van der Waals surface area contributed by atoms with Crippen LogP contribution in [0.15, 0.2) is 46.0 Å². The highest BCUT2D eigenvalue weighted by molar-refractivity contribution is 9.10. The van der Waals surface area contributed by atoms with Gasteiger partial charge in [-0.3, -0.25) is 9.59 Å². The van der Waals surface area contributed by atoms with Gasteiger partial charge in [0.2, 0.25) is 0 Å². The van der Waals surface area contributed by atoms with E-state index in [-0.39, 0.29) is 12.5 Å². The molecule has 0 unspecified atom stereocenters. The molecule has 0 atom stereocenters. The zero-order valence-electron chi connectivity index (χ0n) is 18.5. The summed E-state index contributed by atoms with van der Waals surface area (Å²) in [5.41, 5.74) is 3.53. The average molecular weight is 520 g/mol. The zero-order chi connectivity index (χ0) is 23.6. The largest absolute Gasteiger partial charge is 0.496 e. The topological polar surface area (TPSA) is 98.7 Å². The Morgan fingerprint density at radius 3 is 2.61 bits per heavy atom. The van der Waals surface area contributed by atoms with Gasteiger partial charge in [0.05, 0.1) is 38.7 Å². The molecule has 1 saturated heterocycles. The molecule has 1 aliphatic rings. The fourth-order valence-electron chi connectivity index (χ4n) is 3.12. The standard InChI is InChI=1S/C23H26BrN3O6/c1-3-32-21-12-16(4-6-20(21)33-15-22(28)27-8-10-31-11-9-27)14-25-26-23(29)18-13-17(24)5-7-19(18)30-2/h4-7,12-14H,3,8-11,15H2,1-2H3,(H,26,29)/b25-14-. The molecule has 1 fully saturated rings. The Kier molecular flexibility index (Phi) is 9.08. The molecule has 10 heteroatoms. The van der Waals surface area contributed by atoms with E-state index in [0.717, 1.165) is 4.47 Å². The molecular weight excluding hydrogens is 494 g/mol. The molecule has 0 aliphatic carbocycles. The summed E-state index contributed by atoms with van der Waals surface area (Å²) in [5.74, 6) is 0.875. The lowest BCUT2D eigenvalue weighted by Gasteiger charge is -2.26. The van der Waals surface area contributed by atoms with Gasteiger partial charge < -0.3 is 23.8 Å². The Hall–Kier alpha value is -3.11. The van der Waals surface area contributed by atoms with Crippen LogP contribution in [0.5, 0.6) is 17.2 Å². The van der Waals surface area contributed by atoms with Crippen molar-refractivity contribution in [3.63, 3.8) is 0 Å². The first-order valence-corrected chi connectivity index (χ1v) is 11.2. The lowest BCUT2D eigenvalue weighted by atomic mass is 10.2. The lowest BCUT2D eigenvalue weighted by Crippen LogP contribution is -2.43. The number of carbonyl (C=O) groups excluding carboxylic acids is 2. The summed E-state index contributed by atoms with van der Waals surface area (Å²) < 4.78 is 22.6. The summed E-state index contributed by atoms with van der Waals surface area (Å²) in [6.07, 6.45) is 1.49. The molecule has 0 bridgehead atoms. The number of halogens is 1. The molecule has 0 aromatic heterocycles. The van der Waals surface area contributed by atoms with Gasteiger partial charge in [-0.25, -0.2) is 5.43 Å². The number of hydrogen-bond acceptors (Lipinski definition) is 7. The second-order valence-corrected chi connectivity index (χ2v) is 7.88. The van der Waals surface area contributed by atoms with Crippen LogP contribution >= 0.6 is 15.9 Å². The highest BCUT2D eigenvalue weighted by Gasteiger charge is 2.18. The maximum absolute atomic E-state index is 12.5. The van der Waals surface area contributed by atoms with Gasteiger partial charge in [-0.05, 0) is 48.9 Å². The van der Waals surface area contributed by atoms with Crippen molar-refractivity contribution in [2.75, 3.05) is 46.6 Å². The van der Waals surface area contributed by atoms with Gasteiger partial charge >= 0.3 is 0 Å². The van der Waals surface area contributed by atoms with E-state index in [1.165, 1.54) is 13.3 Å². The van der Waals surface area contributed by atoms with Crippen LogP contribution in [0.1, 0.15) is 22.8 Å². The molecule has 0 spiro atoms. The van der Waals surface area contributed by atoms with Crippen molar-refractivity contribution in [3.05, 3.63) is 52.0 Å². The molecule has 176 valence electrons. The van der Waals surface area contributed by atoms with Gasteiger partial charge in [0.1, 0.15) is 5.75 Å². The number of rotatable bonds is 9. The first-order valence-electron chi connectivity index (χ1n) is 10.4. The minimum atomic E-state index is -0.406. The van der Waals surface area contributed by atoms with E-state index in [1.54, 1.807) is 41.3 Å². The Morgan fingerprint density at radius 2 is 1.88 bits per heavy atom. The first kappa shape index (κ1) is 24.5. The quantitative estimate of drug-likeness (QED) is 0.404. The van der Waals surface area contributed by atoms with Gasteiger partial charge in [-0.15, -0.1) is 0 Å². The summed E-state index contributed by atoms with van der Waals surface area (Å²) in [5, 5.41) is 4.02. The third kappa shape index (κ3) is 6.93. The van der Waals surface area contributed by atoms with Gasteiger partial charge in [0, 0.05) is 17.6 Å². The normalized spacial score (nSPS) is 13.6. The SMILES string of the molecule is CCOc1cc(/C=N\NC(=O)c2cc(Br)ccc2OC)ccc1OCC(=O)N1CCOCC1. The molecule has 3 rings (SSSR count). The number of nitrogens with zero attached hydrogens (tertiary/aromatic N) is 2. The van der Waals surface area contributed by atoms with Gasteiger partial charge in [0.25, 0.3) is 11.8 Å². The molecule has 0 saturated carbocycles. The zero-order valence-corrected chi connectivity index (χ0v) is 20.1. The predicted octanol–water partition coefficient (Wildman–Crippen LogP) is 2.86. The fourth-order valence-corrected chi connectivity index (χ4v) is 3.48. The number of ether oxygens (including phenoxy) is 4. The number of hydrogen-bond donors (Lipinski definition) is 1. The highest BCUT2D eigenvalue weighted by atomic mass is 79.9. The van der Waals surface area contributed by atoms with Crippen molar-refractivity contribution in [2.24, 2.45) is 5.10 Å². The van der Waals surface area contributed by atoms with Crippen LogP contribution in [0.4, 0.5) is 0 Å². The lowest BCUT2D eigenvalue weighted by molar-refractivity contribution is -0.137. The molecule has 2 aromatic rings. The van der Waals surface area contributed by atoms with Gasteiger partial charge in [-0.2, -0.15) is 5.10 Å². The average Bonchev–Trinajstić information content (AvgIpc) is 2.84. The fraction of sp³-hybridized carbons (Fsp3) is 0.348. The smallest absolute Gasteiger partial charge is 0.275 e. The number of nitrogens with one attached hydrogen (secondary N) is 1. The van der Waals surface area contributed by atoms with E-state index < -0.39 is 5.91 Å². The molecule has 1 N–H and O–H groups in total. The molecule has 33 heavy (non-hydrogen) atoms. The van der Waals surface area contributed by atoms with Crippen LogP contribution in [-0.2, 0) is 9.53 Å². The summed E-state index contributed by atoms with van der Waals surface area (Å²) in [7, 11) is 1.50. The maximum Gasteiger partial charge on any atom is 0.275 e. The van der Waals surface area contributed by atoms with Crippen LogP contribution in [0.3, 0.4) is 0 Å². The number of benzene rings is 2. The molecule has 2 aromatic carbocycles. The van der Waals surface area contributed by atoms with Crippen LogP contribution in [0.25, 0.3) is 0 Å². The van der Waals surface area contributed by atoms with Crippen molar-refractivity contribution >= 4 is 34.0 Å². The monoisotopic (exact) mass is 519 g/mol. The summed E-state index contributed by atoms with van der Waals surface area (Å²) in [6, 6.07) is 10.3. The van der Waals surface area contributed by atoms with Gasteiger partial charge in [-0.1, -0.05) is 15.9 Å². The van der Waals surface area contributed by atoms with E-state index in [4.69, 9.17) is 18.9 Å². The minimum Gasteiger partial charge on any atom is -0.496 e. The van der Waals surface area contributed by atoms with Crippen LogP contribution in [0, 0.1) is 0 Å². The van der Waals surface area contributed by atoms with Crippen molar-refractivity contribution < 1.29 is 28.5 Å². The van der Waals surface area contributed by atoms with E-state index >= 15 is 0 Å². The van der Waals surface area contributed by atoms with Crippen LogP contribution in [-0.4, -0.2) is 69.6 Å². The number of hydrazone groups is 1. The van der Waals surface area contributed by atoms with Crippen LogP contribution < -0.4 is 19.6 Å². The number of amides is 2. The number of morpholine rings is 1. The first-order chi connectivity index (χ1) is 16.0. The van der Waals surface area contributed by atoms with E-state index in [1.807, 2.05) is 6.92 Å². The maximum atomic E-state index is 12.5. The Labute approximate surface area is 200 Å². The molecule has 9 nitrogen and oxygen atoms in total. The second-order valence-electron chi connectivity index (χ2n) is 6.96. The van der Waals surface area contributed by atoms with Gasteiger partial charge in [0.15, 0.2) is 18.1 Å². The molecule has 2 amide bonds. The summed E-state index contributed by atoms with van der Waals surface area (Å²) in [4.78, 5) is 26.5. The Morgan fingerprint density at radius 1 is 1.12 bits per heavy atom. The predicted molar refractivity (Wildman–Crippen MR) is 126 cm³/mol. The van der Waals surface area contributed by atoms with Crippen molar-refractivity contribution in [1.82, 2.24) is 10.3 Å². The third-order valence-electron chi connectivity index (χ3n) is 4.77. The Balaban J connectivity index is 1.63. The van der Waals surface area contributed by atoms with Crippen molar-refractivity contribution in [2.45, 2.75) is 6.92 Å². The second kappa shape index (κ2) is 12.2. The third-order valence-corrected chi connectivity index (χ3v) is 5.26. The molecular formula is C23H26BrN3O6. The van der Waals surface area contributed by atoms with E-state index in [0.29, 0.717) is 61.3 Å². The minimum absolute atomic E-state index is 0.0853. The molecule has 1 aliphatic heterocycles. The highest BCUT2D eigenvalue weighted by Crippen LogP contribution is 2.28. The summed E-state index contributed by atoms with van der Waals surface area (Å²) in [6.45, 7) is 4.39.